The zero-order chi connectivity index (χ0) is 11.0. The van der Waals surface area contributed by atoms with Crippen molar-refractivity contribution in [2.45, 2.75) is 52.7 Å². The molecule has 0 radical (unpaired) electrons. The maximum Gasteiger partial charge on any atom is 0.308 e. The fraction of sp³-hybridized carbons (Fsp3) is 0.800. The van der Waals surface area contributed by atoms with Gasteiger partial charge in [0, 0.05) is 20.3 Å². The number of ether oxygens (including phenoxy) is 2. The van der Waals surface area contributed by atoms with Crippen LogP contribution in [0.5, 0.6) is 0 Å². The maximum atomic E-state index is 11.1. The zero-order valence-electron chi connectivity index (χ0n) is 9.04. The van der Waals surface area contributed by atoms with Crippen LogP contribution in [0.15, 0.2) is 0 Å². The van der Waals surface area contributed by atoms with Crippen LogP contribution in [0, 0.1) is 0 Å². The van der Waals surface area contributed by atoms with E-state index in [1.807, 2.05) is 0 Å². The Kier molecular flexibility index (Phi) is 6.80. The molecule has 0 aromatic heterocycles. The molecule has 4 heteroatoms. The summed E-state index contributed by atoms with van der Waals surface area (Å²) < 4.78 is 9.47. The van der Waals surface area contributed by atoms with Crippen molar-refractivity contribution >= 4 is 11.9 Å². The molecule has 0 saturated carbocycles. The summed E-state index contributed by atoms with van der Waals surface area (Å²) in [5.41, 5.74) is 0. The molecular formula is C10H18O4. The summed E-state index contributed by atoms with van der Waals surface area (Å²) in [6.45, 7) is 4.87. The molecule has 1 atom stereocenters. The molecule has 0 spiro atoms. The van der Waals surface area contributed by atoms with Crippen LogP contribution >= 0.6 is 0 Å². The van der Waals surface area contributed by atoms with Crippen LogP contribution in [-0.4, -0.2) is 18.2 Å². The average molecular weight is 202 g/mol. The van der Waals surface area contributed by atoms with Gasteiger partial charge in [0.1, 0.15) is 0 Å². The Balaban J connectivity index is 3.55. The normalized spacial score (nSPS) is 11.9. The van der Waals surface area contributed by atoms with Gasteiger partial charge in [-0.25, -0.2) is 0 Å². The summed E-state index contributed by atoms with van der Waals surface area (Å²) >= 11 is 0. The third-order valence-electron chi connectivity index (χ3n) is 1.61. The SMILES string of the molecule is CCCCCC(=O)OC(C)OC(C)=O. The molecule has 0 saturated heterocycles. The molecule has 0 bridgehead atoms. The van der Waals surface area contributed by atoms with Crippen LogP contribution in [0.1, 0.15) is 46.5 Å². The highest BCUT2D eigenvalue weighted by Gasteiger charge is 2.10. The van der Waals surface area contributed by atoms with Gasteiger partial charge in [-0.1, -0.05) is 19.8 Å². The van der Waals surface area contributed by atoms with Crippen molar-refractivity contribution in [3.8, 4) is 0 Å². The van der Waals surface area contributed by atoms with Crippen LogP contribution in [0.3, 0.4) is 0 Å². The van der Waals surface area contributed by atoms with Crippen LogP contribution in [-0.2, 0) is 19.1 Å². The first-order chi connectivity index (χ1) is 6.56. The van der Waals surface area contributed by atoms with Crippen LogP contribution < -0.4 is 0 Å². The van der Waals surface area contributed by atoms with E-state index in [0.29, 0.717) is 6.42 Å². The fourth-order valence-electron chi connectivity index (χ4n) is 1.02. The molecule has 0 fully saturated rings. The first-order valence-corrected chi connectivity index (χ1v) is 4.93. The largest absolute Gasteiger partial charge is 0.426 e. The van der Waals surface area contributed by atoms with Crippen LogP contribution in [0.25, 0.3) is 0 Å². The highest BCUT2D eigenvalue weighted by molar-refractivity contribution is 5.70. The Morgan fingerprint density at radius 3 is 2.36 bits per heavy atom. The van der Waals surface area contributed by atoms with Crippen molar-refractivity contribution in [3.63, 3.8) is 0 Å². The van der Waals surface area contributed by atoms with E-state index in [4.69, 9.17) is 4.74 Å². The Labute approximate surface area is 84.6 Å². The first kappa shape index (κ1) is 12.9. The molecule has 82 valence electrons. The zero-order valence-corrected chi connectivity index (χ0v) is 9.04. The third-order valence-corrected chi connectivity index (χ3v) is 1.61. The molecule has 0 aliphatic carbocycles. The molecule has 0 aliphatic heterocycles. The second-order valence-corrected chi connectivity index (χ2v) is 3.12. The number of carbonyl (C=O) groups is 2. The number of rotatable bonds is 6. The second-order valence-electron chi connectivity index (χ2n) is 3.12. The number of esters is 2. The molecule has 0 aliphatic rings. The van der Waals surface area contributed by atoms with Crippen molar-refractivity contribution in [1.29, 1.82) is 0 Å². The van der Waals surface area contributed by atoms with Gasteiger partial charge in [-0.2, -0.15) is 0 Å². The standard InChI is InChI=1S/C10H18O4/c1-4-5-6-7-10(12)14-9(3)13-8(2)11/h9H,4-7H2,1-3H3. The van der Waals surface area contributed by atoms with Crippen LogP contribution in [0.4, 0.5) is 0 Å². The molecule has 0 aromatic rings. The molecule has 0 amide bonds. The van der Waals surface area contributed by atoms with Crippen molar-refractivity contribution in [1.82, 2.24) is 0 Å². The Hall–Kier alpha value is -1.06. The van der Waals surface area contributed by atoms with Crippen LogP contribution in [0.2, 0.25) is 0 Å². The lowest BCUT2D eigenvalue weighted by Gasteiger charge is -2.12. The van der Waals surface area contributed by atoms with E-state index in [9.17, 15) is 9.59 Å². The van der Waals surface area contributed by atoms with E-state index in [1.54, 1.807) is 0 Å². The van der Waals surface area contributed by atoms with Gasteiger partial charge in [0.15, 0.2) is 0 Å². The Morgan fingerprint density at radius 2 is 1.86 bits per heavy atom. The predicted molar refractivity (Wildman–Crippen MR) is 51.5 cm³/mol. The lowest BCUT2D eigenvalue weighted by molar-refractivity contribution is -0.182. The van der Waals surface area contributed by atoms with Gasteiger partial charge in [-0.05, 0) is 6.42 Å². The van der Waals surface area contributed by atoms with Gasteiger partial charge in [0.2, 0.25) is 6.29 Å². The van der Waals surface area contributed by atoms with Crippen molar-refractivity contribution < 1.29 is 19.1 Å². The molecule has 0 N–H and O–H groups in total. The topological polar surface area (TPSA) is 52.6 Å². The quantitative estimate of drug-likeness (QED) is 0.375. The van der Waals surface area contributed by atoms with E-state index in [-0.39, 0.29) is 5.97 Å². The van der Waals surface area contributed by atoms with Crippen molar-refractivity contribution in [2.24, 2.45) is 0 Å². The number of unbranched alkanes of at least 4 members (excludes halogenated alkanes) is 2. The van der Waals surface area contributed by atoms with Gasteiger partial charge in [-0.15, -0.1) is 0 Å². The summed E-state index contributed by atoms with van der Waals surface area (Å²) in [5.74, 6) is -0.758. The summed E-state index contributed by atoms with van der Waals surface area (Å²) in [6.07, 6.45) is 2.51. The molecule has 0 aromatic carbocycles. The summed E-state index contributed by atoms with van der Waals surface area (Å²) in [6, 6.07) is 0. The minimum absolute atomic E-state index is 0.313. The minimum atomic E-state index is -0.776. The van der Waals surface area contributed by atoms with E-state index in [0.717, 1.165) is 19.3 Å². The van der Waals surface area contributed by atoms with Gasteiger partial charge in [-0.3, -0.25) is 9.59 Å². The fourth-order valence-corrected chi connectivity index (χ4v) is 1.02. The highest BCUT2D eigenvalue weighted by Crippen LogP contribution is 2.03. The van der Waals surface area contributed by atoms with Gasteiger partial charge in [0.25, 0.3) is 0 Å². The molecule has 4 nitrogen and oxygen atoms in total. The van der Waals surface area contributed by atoms with Gasteiger partial charge >= 0.3 is 11.9 Å². The van der Waals surface area contributed by atoms with E-state index in [1.165, 1.54) is 13.8 Å². The Bertz CT molecular complexity index is 189. The monoisotopic (exact) mass is 202 g/mol. The molecular weight excluding hydrogens is 184 g/mol. The summed E-state index contributed by atoms with van der Waals surface area (Å²) in [4.78, 5) is 21.6. The van der Waals surface area contributed by atoms with Crippen molar-refractivity contribution in [2.75, 3.05) is 0 Å². The predicted octanol–water partition coefficient (Wildman–Crippen LogP) is 2.02. The van der Waals surface area contributed by atoms with Crippen molar-refractivity contribution in [3.05, 3.63) is 0 Å². The number of hydrogen-bond donors (Lipinski definition) is 0. The lowest BCUT2D eigenvalue weighted by atomic mass is 10.2. The lowest BCUT2D eigenvalue weighted by Crippen LogP contribution is -2.20. The molecule has 0 rings (SSSR count). The Morgan fingerprint density at radius 1 is 1.21 bits per heavy atom. The maximum absolute atomic E-state index is 11.1. The van der Waals surface area contributed by atoms with E-state index < -0.39 is 12.3 Å². The molecule has 0 heterocycles. The average Bonchev–Trinajstić information content (AvgIpc) is 2.02. The second kappa shape index (κ2) is 7.35. The van der Waals surface area contributed by atoms with Gasteiger partial charge < -0.3 is 9.47 Å². The third kappa shape index (κ3) is 7.58. The van der Waals surface area contributed by atoms with E-state index >= 15 is 0 Å². The molecule has 1 unspecified atom stereocenters. The van der Waals surface area contributed by atoms with E-state index in [2.05, 4.69) is 11.7 Å². The summed E-state index contributed by atoms with van der Waals surface area (Å²) in [5, 5.41) is 0. The minimum Gasteiger partial charge on any atom is -0.426 e. The highest BCUT2D eigenvalue weighted by atomic mass is 16.7. The number of hydrogen-bond acceptors (Lipinski definition) is 4. The smallest absolute Gasteiger partial charge is 0.308 e. The number of carbonyl (C=O) groups excluding carboxylic acids is 2. The molecule has 14 heavy (non-hydrogen) atoms. The summed E-state index contributed by atoms with van der Waals surface area (Å²) in [7, 11) is 0. The van der Waals surface area contributed by atoms with Gasteiger partial charge in [0.05, 0.1) is 0 Å². The first-order valence-electron chi connectivity index (χ1n) is 4.93.